The number of nitrogens with zero attached hydrogens (tertiary/aromatic N) is 2. The van der Waals surface area contributed by atoms with Crippen LogP contribution < -0.4 is 10.2 Å². The molecule has 140 valence electrons. The van der Waals surface area contributed by atoms with Gasteiger partial charge in [0.05, 0.1) is 11.3 Å². The summed E-state index contributed by atoms with van der Waals surface area (Å²) in [6.45, 7) is 0.805. The highest BCUT2D eigenvalue weighted by Crippen LogP contribution is 2.34. The highest BCUT2D eigenvalue weighted by Gasteiger charge is 2.36. The molecule has 2 aromatic carbocycles. The van der Waals surface area contributed by atoms with Crippen LogP contribution in [0, 0.1) is 0 Å². The van der Waals surface area contributed by atoms with Gasteiger partial charge < -0.3 is 15.1 Å². The predicted octanol–water partition coefficient (Wildman–Crippen LogP) is 4.49. The van der Waals surface area contributed by atoms with E-state index in [1.807, 2.05) is 42.3 Å². The van der Waals surface area contributed by atoms with Gasteiger partial charge in [0.1, 0.15) is 6.17 Å². The topological polar surface area (TPSA) is 52.7 Å². The molecule has 2 aliphatic heterocycles. The lowest BCUT2D eigenvalue weighted by molar-refractivity contribution is 0.0661. The molecule has 1 atom stereocenters. The molecule has 0 saturated carbocycles. The Bertz CT molecular complexity index is 881. The first kappa shape index (κ1) is 18.0. The molecule has 0 bridgehead atoms. The van der Waals surface area contributed by atoms with Gasteiger partial charge in [-0.3, -0.25) is 9.59 Å². The Balaban J connectivity index is 1.62. The van der Waals surface area contributed by atoms with E-state index in [4.69, 9.17) is 0 Å². The van der Waals surface area contributed by atoms with E-state index < -0.39 is 0 Å². The van der Waals surface area contributed by atoms with Gasteiger partial charge in [-0.25, -0.2) is 0 Å². The van der Waals surface area contributed by atoms with Crippen LogP contribution >= 0.6 is 15.9 Å². The SMILES string of the molecule is CN1c2cc(C(=O)Nc3ccc(Br)cc3)ccc2C(=O)N2CCCCCC21. The normalized spacial score (nSPS) is 19.2. The fraction of sp³-hybridized carbons (Fsp3) is 0.333. The smallest absolute Gasteiger partial charge is 0.257 e. The van der Waals surface area contributed by atoms with Crippen molar-refractivity contribution in [2.75, 3.05) is 23.8 Å². The minimum Gasteiger partial charge on any atom is -0.354 e. The van der Waals surface area contributed by atoms with Crippen LogP contribution in [0.25, 0.3) is 0 Å². The minimum atomic E-state index is -0.177. The summed E-state index contributed by atoms with van der Waals surface area (Å²) in [5.41, 5.74) is 2.81. The number of rotatable bonds is 2. The summed E-state index contributed by atoms with van der Waals surface area (Å²) in [5.74, 6) is -0.0980. The maximum atomic E-state index is 12.9. The van der Waals surface area contributed by atoms with Crippen molar-refractivity contribution in [3.63, 3.8) is 0 Å². The number of carbonyl (C=O) groups excluding carboxylic acids is 2. The van der Waals surface area contributed by atoms with Gasteiger partial charge in [-0.2, -0.15) is 0 Å². The van der Waals surface area contributed by atoms with Gasteiger partial charge in [0.15, 0.2) is 0 Å². The lowest BCUT2D eigenvalue weighted by Crippen LogP contribution is -2.53. The zero-order chi connectivity index (χ0) is 19.0. The lowest BCUT2D eigenvalue weighted by Gasteiger charge is -2.43. The van der Waals surface area contributed by atoms with E-state index in [0.29, 0.717) is 11.1 Å². The van der Waals surface area contributed by atoms with E-state index in [1.54, 1.807) is 12.1 Å². The molecule has 27 heavy (non-hydrogen) atoms. The second kappa shape index (κ2) is 7.35. The molecule has 0 spiro atoms. The maximum absolute atomic E-state index is 12.9. The third-order valence-corrected chi connectivity index (χ3v) is 5.93. The fourth-order valence-corrected chi connectivity index (χ4v) is 4.19. The monoisotopic (exact) mass is 427 g/mol. The number of hydrogen-bond donors (Lipinski definition) is 1. The van der Waals surface area contributed by atoms with Crippen LogP contribution in [0.3, 0.4) is 0 Å². The van der Waals surface area contributed by atoms with E-state index in [-0.39, 0.29) is 18.0 Å². The molecule has 0 aromatic heterocycles. The lowest BCUT2D eigenvalue weighted by atomic mass is 10.0. The highest BCUT2D eigenvalue weighted by molar-refractivity contribution is 9.10. The molecule has 2 amide bonds. The van der Waals surface area contributed by atoms with E-state index in [0.717, 1.165) is 48.1 Å². The van der Waals surface area contributed by atoms with Crippen LogP contribution in [0.2, 0.25) is 0 Å². The Hall–Kier alpha value is -2.34. The summed E-state index contributed by atoms with van der Waals surface area (Å²) in [7, 11) is 2.02. The van der Waals surface area contributed by atoms with E-state index >= 15 is 0 Å². The third-order valence-electron chi connectivity index (χ3n) is 5.40. The summed E-state index contributed by atoms with van der Waals surface area (Å²) in [5, 5.41) is 2.91. The van der Waals surface area contributed by atoms with Crippen LogP contribution in [-0.2, 0) is 0 Å². The average Bonchev–Trinajstić information content (AvgIpc) is 2.94. The van der Waals surface area contributed by atoms with E-state index in [9.17, 15) is 9.59 Å². The van der Waals surface area contributed by atoms with Gasteiger partial charge >= 0.3 is 0 Å². The summed E-state index contributed by atoms with van der Waals surface area (Å²) < 4.78 is 0.961. The van der Waals surface area contributed by atoms with Crippen LogP contribution in [0.1, 0.15) is 46.4 Å². The molecular formula is C21H22BrN3O2. The second-order valence-electron chi connectivity index (χ2n) is 7.13. The van der Waals surface area contributed by atoms with Crippen molar-refractivity contribution in [3.05, 3.63) is 58.1 Å². The number of fused-ring (bicyclic) bond motifs is 2. The van der Waals surface area contributed by atoms with Crippen LogP contribution in [-0.4, -0.2) is 36.5 Å². The summed E-state index contributed by atoms with van der Waals surface area (Å²) in [6.07, 6.45) is 4.39. The first-order valence-corrected chi connectivity index (χ1v) is 10.1. The number of carbonyl (C=O) groups is 2. The van der Waals surface area contributed by atoms with Crippen molar-refractivity contribution >= 4 is 39.1 Å². The van der Waals surface area contributed by atoms with Gasteiger partial charge in [-0.05, 0) is 61.7 Å². The van der Waals surface area contributed by atoms with Gasteiger partial charge in [0.25, 0.3) is 11.8 Å². The number of benzene rings is 2. The number of amides is 2. The second-order valence-corrected chi connectivity index (χ2v) is 8.05. The number of hydrogen-bond acceptors (Lipinski definition) is 3. The molecule has 0 radical (unpaired) electrons. The van der Waals surface area contributed by atoms with Gasteiger partial charge in [0, 0.05) is 29.3 Å². The summed E-state index contributed by atoms with van der Waals surface area (Å²) >= 11 is 3.39. The number of anilines is 2. The third kappa shape index (κ3) is 3.46. The Morgan fingerprint density at radius 2 is 1.89 bits per heavy atom. The first-order chi connectivity index (χ1) is 13.0. The Morgan fingerprint density at radius 1 is 1.11 bits per heavy atom. The molecule has 2 aliphatic rings. The fourth-order valence-electron chi connectivity index (χ4n) is 3.93. The van der Waals surface area contributed by atoms with Gasteiger partial charge in [-0.1, -0.05) is 22.4 Å². The molecular weight excluding hydrogens is 406 g/mol. The highest BCUT2D eigenvalue weighted by atomic mass is 79.9. The molecule has 2 aromatic rings. The van der Waals surface area contributed by atoms with Crippen molar-refractivity contribution in [2.24, 2.45) is 0 Å². The van der Waals surface area contributed by atoms with Gasteiger partial charge in [0.2, 0.25) is 0 Å². The molecule has 2 heterocycles. The van der Waals surface area contributed by atoms with Crippen molar-refractivity contribution in [1.29, 1.82) is 0 Å². The first-order valence-electron chi connectivity index (χ1n) is 9.29. The van der Waals surface area contributed by atoms with Crippen molar-refractivity contribution in [3.8, 4) is 0 Å². The molecule has 1 unspecified atom stereocenters. The number of nitrogens with one attached hydrogen (secondary N) is 1. The van der Waals surface area contributed by atoms with E-state index in [1.165, 1.54) is 0 Å². The van der Waals surface area contributed by atoms with Crippen LogP contribution in [0.4, 0.5) is 11.4 Å². The predicted molar refractivity (Wildman–Crippen MR) is 110 cm³/mol. The van der Waals surface area contributed by atoms with Crippen LogP contribution in [0.15, 0.2) is 46.9 Å². The molecule has 1 saturated heterocycles. The standard InChI is InChI=1S/C21H22BrN3O2/c1-24-18-13-14(20(26)23-16-9-7-15(22)8-10-16)6-11-17(18)21(27)25-12-4-2-3-5-19(24)25/h6-11,13,19H,2-5,12H2,1H3,(H,23,26). The quantitative estimate of drug-likeness (QED) is 0.767. The molecule has 4 rings (SSSR count). The largest absolute Gasteiger partial charge is 0.354 e. The summed E-state index contributed by atoms with van der Waals surface area (Å²) in [4.78, 5) is 29.8. The Morgan fingerprint density at radius 3 is 2.67 bits per heavy atom. The maximum Gasteiger partial charge on any atom is 0.257 e. The van der Waals surface area contributed by atoms with E-state index in [2.05, 4.69) is 26.1 Å². The Kier molecular flexibility index (Phi) is 4.91. The number of halogens is 1. The van der Waals surface area contributed by atoms with Crippen molar-refractivity contribution in [1.82, 2.24) is 4.90 Å². The Labute approximate surface area is 167 Å². The molecule has 5 nitrogen and oxygen atoms in total. The molecule has 6 heteroatoms. The summed E-state index contributed by atoms with van der Waals surface area (Å²) in [6, 6.07) is 12.8. The average molecular weight is 428 g/mol. The van der Waals surface area contributed by atoms with Crippen molar-refractivity contribution in [2.45, 2.75) is 31.8 Å². The van der Waals surface area contributed by atoms with Gasteiger partial charge in [-0.15, -0.1) is 0 Å². The minimum absolute atomic E-state index is 0.0786. The molecule has 0 aliphatic carbocycles. The zero-order valence-electron chi connectivity index (χ0n) is 15.2. The molecule has 1 fully saturated rings. The zero-order valence-corrected chi connectivity index (χ0v) is 16.8. The van der Waals surface area contributed by atoms with Crippen molar-refractivity contribution < 1.29 is 9.59 Å². The van der Waals surface area contributed by atoms with Crippen LogP contribution in [0.5, 0.6) is 0 Å². The molecule has 1 N–H and O–H groups in total.